The molecule has 1 unspecified atom stereocenters. The van der Waals surface area contributed by atoms with Crippen molar-refractivity contribution in [1.82, 2.24) is 10.3 Å². The van der Waals surface area contributed by atoms with Crippen molar-refractivity contribution in [3.05, 3.63) is 65.2 Å². The van der Waals surface area contributed by atoms with Gasteiger partial charge in [0, 0.05) is 35.3 Å². The summed E-state index contributed by atoms with van der Waals surface area (Å²) >= 11 is 1.88. The molecule has 0 aromatic heterocycles. The maximum atomic E-state index is 12.6. The fraction of sp³-hybridized carbons (Fsp3) is 0.300. The highest BCUT2D eigenvalue weighted by Gasteiger charge is 2.24. The van der Waals surface area contributed by atoms with Gasteiger partial charge < -0.3 is 10.2 Å². The SMILES string of the molecule is Cc1ccc(NC(=O)N2CCSC(Cc3ccc(C(=O)NN)cc3)C2)cc1. The van der Waals surface area contributed by atoms with Crippen molar-refractivity contribution in [1.29, 1.82) is 0 Å². The van der Waals surface area contributed by atoms with Crippen molar-refractivity contribution in [3.8, 4) is 0 Å². The first-order valence-corrected chi connectivity index (χ1v) is 9.94. The Hall–Kier alpha value is -2.51. The minimum atomic E-state index is -0.299. The maximum absolute atomic E-state index is 12.6. The summed E-state index contributed by atoms with van der Waals surface area (Å²) in [6.45, 7) is 3.47. The van der Waals surface area contributed by atoms with Crippen molar-refractivity contribution in [2.75, 3.05) is 24.2 Å². The number of nitrogens with zero attached hydrogens (tertiary/aromatic N) is 1. The lowest BCUT2D eigenvalue weighted by atomic mass is 10.1. The summed E-state index contributed by atoms with van der Waals surface area (Å²) in [4.78, 5) is 25.9. The van der Waals surface area contributed by atoms with E-state index in [9.17, 15) is 9.59 Å². The fourth-order valence-corrected chi connectivity index (χ4v) is 4.26. The molecular formula is C20H24N4O2S. The van der Waals surface area contributed by atoms with Crippen molar-refractivity contribution >= 4 is 29.4 Å². The number of nitrogens with one attached hydrogen (secondary N) is 2. The predicted octanol–water partition coefficient (Wildman–Crippen LogP) is 2.79. The van der Waals surface area contributed by atoms with E-state index in [1.807, 2.05) is 60.0 Å². The number of rotatable bonds is 4. The molecule has 0 aliphatic carbocycles. The fourth-order valence-electron chi connectivity index (χ4n) is 3.01. The monoisotopic (exact) mass is 384 g/mol. The van der Waals surface area contributed by atoms with E-state index in [2.05, 4.69) is 10.7 Å². The summed E-state index contributed by atoms with van der Waals surface area (Å²) in [5.41, 5.74) is 5.79. The lowest BCUT2D eigenvalue weighted by Crippen LogP contribution is -2.44. The third kappa shape index (κ3) is 5.24. The van der Waals surface area contributed by atoms with Crippen LogP contribution in [0.15, 0.2) is 48.5 Å². The lowest BCUT2D eigenvalue weighted by Gasteiger charge is -2.32. The van der Waals surface area contributed by atoms with E-state index >= 15 is 0 Å². The topological polar surface area (TPSA) is 87.5 Å². The molecule has 1 aliphatic rings. The molecule has 3 amide bonds. The molecule has 1 aliphatic heterocycles. The Balaban J connectivity index is 1.56. The molecule has 0 bridgehead atoms. The van der Waals surface area contributed by atoms with Crippen LogP contribution in [0.1, 0.15) is 21.5 Å². The third-order valence-electron chi connectivity index (χ3n) is 4.54. The first-order chi connectivity index (χ1) is 13.0. The zero-order valence-electron chi connectivity index (χ0n) is 15.3. The van der Waals surface area contributed by atoms with Gasteiger partial charge in [0.1, 0.15) is 0 Å². The molecule has 2 aromatic carbocycles. The van der Waals surface area contributed by atoms with Crippen LogP contribution in [0.25, 0.3) is 0 Å². The minimum absolute atomic E-state index is 0.0564. The zero-order chi connectivity index (χ0) is 19.2. The highest BCUT2D eigenvalue weighted by molar-refractivity contribution is 8.00. The largest absolute Gasteiger partial charge is 0.323 e. The maximum Gasteiger partial charge on any atom is 0.321 e. The summed E-state index contributed by atoms with van der Waals surface area (Å²) in [6.07, 6.45) is 0.851. The van der Waals surface area contributed by atoms with Crippen LogP contribution in [-0.4, -0.2) is 40.9 Å². The number of urea groups is 1. The number of hydrogen-bond donors (Lipinski definition) is 3. The first kappa shape index (κ1) is 19.3. The third-order valence-corrected chi connectivity index (χ3v) is 5.74. The highest BCUT2D eigenvalue weighted by atomic mass is 32.2. The van der Waals surface area contributed by atoms with E-state index in [1.165, 1.54) is 0 Å². The molecule has 1 atom stereocenters. The Bertz CT molecular complexity index is 793. The van der Waals surface area contributed by atoms with Gasteiger partial charge in [-0.05, 0) is 43.2 Å². The number of amides is 3. The van der Waals surface area contributed by atoms with Crippen LogP contribution >= 0.6 is 11.8 Å². The Morgan fingerprint density at radius 1 is 1.15 bits per heavy atom. The summed E-state index contributed by atoms with van der Waals surface area (Å²) in [5, 5.41) is 3.30. The van der Waals surface area contributed by atoms with E-state index in [1.54, 1.807) is 12.1 Å². The molecule has 0 radical (unpaired) electrons. The number of hydrogen-bond acceptors (Lipinski definition) is 4. The molecule has 4 N–H and O–H groups in total. The molecule has 1 heterocycles. The standard InChI is InChI=1S/C20H24N4O2S/c1-14-2-8-17(9-3-14)22-20(26)24-10-11-27-18(13-24)12-15-4-6-16(7-5-15)19(25)23-21/h2-9,18H,10-13,21H2,1H3,(H,22,26)(H,23,25). The summed E-state index contributed by atoms with van der Waals surface area (Å²) < 4.78 is 0. The molecule has 3 rings (SSSR count). The number of carbonyl (C=O) groups is 2. The quantitative estimate of drug-likeness (QED) is 0.430. The molecule has 142 valence electrons. The van der Waals surface area contributed by atoms with E-state index in [-0.39, 0.29) is 11.9 Å². The number of carbonyl (C=O) groups excluding carboxylic acids is 2. The Labute approximate surface area is 163 Å². The number of thioether (sulfide) groups is 1. The Morgan fingerprint density at radius 3 is 2.52 bits per heavy atom. The number of anilines is 1. The van der Waals surface area contributed by atoms with Gasteiger partial charge in [-0.1, -0.05) is 29.8 Å². The van der Waals surface area contributed by atoms with Crippen molar-refractivity contribution in [3.63, 3.8) is 0 Å². The van der Waals surface area contributed by atoms with Gasteiger partial charge in [0.15, 0.2) is 0 Å². The average Bonchev–Trinajstić information content (AvgIpc) is 2.70. The molecule has 2 aromatic rings. The van der Waals surface area contributed by atoms with Gasteiger partial charge in [0.05, 0.1) is 0 Å². The number of nitrogens with two attached hydrogens (primary N) is 1. The Kier molecular flexibility index (Phi) is 6.36. The van der Waals surface area contributed by atoms with Crippen LogP contribution in [0.4, 0.5) is 10.5 Å². The van der Waals surface area contributed by atoms with Crippen molar-refractivity contribution < 1.29 is 9.59 Å². The van der Waals surface area contributed by atoms with E-state index in [0.29, 0.717) is 17.4 Å². The number of nitrogen functional groups attached to an aromatic ring is 1. The van der Waals surface area contributed by atoms with Gasteiger partial charge >= 0.3 is 6.03 Å². The van der Waals surface area contributed by atoms with Crippen LogP contribution in [0, 0.1) is 6.92 Å². The van der Waals surface area contributed by atoms with E-state index < -0.39 is 0 Å². The normalized spacial score (nSPS) is 16.7. The molecule has 7 heteroatoms. The van der Waals surface area contributed by atoms with Gasteiger partial charge in [-0.3, -0.25) is 10.2 Å². The molecule has 1 saturated heterocycles. The second-order valence-electron chi connectivity index (χ2n) is 6.61. The van der Waals surface area contributed by atoms with Gasteiger partial charge in [0.25, 0.3) is 5.91 Å². The van der Waals surface area contributed by atoms with Crippen molar-refractivity contribution in [2.24, 2.45) is 5.84 Å². The van der Waals surface area contributed by atoms with Crippen LogP contribution in [-0.2, 0) is 6.42 Å². The van der Waals surface area contributed by atoms with E-state index in [0.717, 1.165) is 35.5 Å². The lowest BCUT2D eigenvalue weighted by molar-refractivity contribution is 0.0953. The number of benzene rings is 2. The molecule has 6 nitrogen and oxygen atoms in total. The molecule has 0 saturated carbocycles. The zero-order valence-corrected chi connectivity index (χ0v) is 16.1. The number of hydrazine groups is 1. The van der Waals surface area contributed by atoms with Gasteiger partial charge in [-0.2, -0.15) is 11.8 Å². The van der Waals surface area contributed by atoms with Crippen LogP contribution in [0.5, 0.6) is 0 Å². The summed E-state index contributed by atoms with van der Waals surface area (Å²) in [7, 11) is 0. The van der Waals surface area contributed by atoms with Crippen molar-refractivity contribution in [2.45, 2.75) is 18.6 Å². The predicted molar refractivity (Wildman–Crippen MR) is 110 cm³/mol. The van der Waals surface area contributed by atoms with E-state index in [4.69, 9.17) is 5.84 Å². The second kappa shape index (κ2) is 8.92. The van der Waals surface area contributed by atoms with Crippen LogP contribution in [0.2, 0.25) is 0 Å². The summed E-state index contributed by atoms with van der Waals surface area (Å²) in [6, 6.07) is 15.2. The average molecular weight is 385 g/mol. The molecular weight excluding hydrogens is 360 g/mol. The van der Waals surface area contributed by atoms with Crippen LogP contribution < -0.4 is 16.6 Å². The molecule has 0 spiro atoms. The minimum Gasteiger partial charge on any atom is -0.323 e. The summed E-state index contributed by atoms with van der Waals surface area (Å²) in [5.74, 6) is 5.77. The molecule has 27 heavy (non-hydrogen) atoms. The van der Waals surface area contributed by atoms with Gasteiger partial charge in [0.2, 0.25) is 0 Å². The highest BCUT2D eigenvalue weighted by Crippen LogP contribution is 2.23. The van der Waals surface area contributed by atoms with Gasteiger partial charge in [-0.15, -0.1) is 0 Å². The molecule has 1 fully saturated rings. The Morgan fingerprint density at radius 2 is 1.85 bits per heavy atom. The number of aryl methyl sites for hydroxylation is 1. The van der Waals surface area contributed by atoms with Crippen LogP contribution in [0.3, 0.4) is 0 Å². The second-order valence-corrected chi connectivity index (χ2v) is 8.02. The smallest absolute Gasteiger partial charge is 0.321 e. The first-order valence-electron chi connectivity index (χ1n) is 8.89. The van der Waals surface area contributed by atoms with Gasteiger partial charge in [-0.25, -0.2) is 10.6 Å².